The van der Waals surface area contributed by atoms with Gasteiger partial charge in [0.25, 0.3) is 11.8 Å². The van der Waals surface area contributed by atoms with Crippen LogP contribution in [-0.4, -0.2) is 21.8 Å². The number of amides is 2. The van der Waals surface area contributed by atoms with Gasteiger partial charge in [-0.1, -0.05) is 0 Å². The summed E-state index contributed by atoms with van der Waals surface area (Å²) in [6.07, 6.45) is 6.85. The number of hydrogen-bond donors (Lipinski definition) is 4. The number of anilines is 6. The van der Waals surface area contributed by atoms with Gasteiger partial charge in [-0.25, -0.2) is 0 Å². The topological polar surface area (TPSA) is 108 Å². The number of hydrogen-bond acceptors (Lipinski definition) is 6. The molecule has 0 fully saturated rings. The molecular formula is C30H23BrN6O2. The van der Waals surface area contributed by atoms with E-state index in [4.69, 9.17) is 0 Å². The zero-order valence-corrected chi connectivity index (χ0v) is 22.1. The first-order chi connectivity index (χ1) is 19.0. The molecule has 0 spiro atoms. The molecule has 0 aliphatic rings. The molecule has 5 rings (SSSR count). The van der Waals surface area contributed by atoms with Crippen LogP contribution in [0.15, 0.2) is 120 Å². The predicted molar refractivity (Wildman–Crippen MR) is 158 cm³/mol. The fourth-order valence-electron chi connectivity index (χ4n) is 3.72. The lowest BCUT2D eigenvalue weighted by atomic mass is 10.1. The molecule has 0 atom stereocenters. The largest absolute Gasteiger partial charge is 0.355 e. The Labute approximate surface area is 233 Å². The van der Waals surface area contributed by atoms with Crippen LogP contribution in [0.4, 0.5) is 34.1 Å². The van der Waals surface area contributed by atoms with Crippen LogP contribution >= 0.6 is 15.9 Å². The van der Waals surface area contributed by atoms with Gasteiger partial charge in [0.2, 0.25) is 0 Å². The van der Waals surface area contributed by atoms with Crippen molar-refractivity contribution in [3.05, 3.63) is 131 Å². The lowest BCUT2D eigenvalue weighted by Gasteiger charge is -2.11. The molecule has 9 heteroatoms. The van der Waals surface area contributed by atoms with Crippen LogP contribution in [0.2, 0.25) is 0 Å². The zero-order chi connectivity index (χ0) is 27.0. The molecule has 0 saturated heterocycles. The molecule has 0 radical (unpaired) electrons. The maximum Gasteiger partial charge on any atom is 0.256 e. The van der Waals surface area contributed by atoms with Crippen molar-refractivity contribution in [2.45, 2.75) is 0 Å². The lowest BCUT2D eigenvalue weighted by molar-refractivity contribution is 0.101. The van der Waals surface area contributed by atoms with Gasteiger partial charge in [-0.3, -0.25) is 19.6 Å². The zero-order valence-electron chi connectivity index (χ0n) is 20.6. The highest BCUT2D eigenvalue weighted by Gasteiger charge is 2.14. The summed E-state index contributed by atoms with van der Waals surface area (Å²) in [5.74, 6) is -0.573. The number of benzene rings is 3. The van der Waals surface area contributed by atoms with Gasteiger partial charge < -0.3 is 21.3 Å². The maximum absolute atomic E-state index is 12.9. The first-order valence-corrected chi connectivity index (χ1v) is 12.8. The van der Waals surface area contributed by atoms with Crippen LogP contribution in [-0.2, 0) is 0 Å². The van der Waals surface area contributed by atoms with Crippen LogP contribution in [0, 0.1) is 0 Å². The first kappa shape index (κ1) is 25.6. The quantitative estimate of drug-likeness (QED) is 0.155. The number of rotatable bonds is 8. The number of nitrogens with zero attached hydrogens (tertiary/aromatic N) is 2. The predicted octanol–water partition coefficient (Wildman–Crippen LogP) is 7.23. The van der Waals surface area contributed by atoms with Gasteiger partial charge in [0.1, 0.15) is 0 Å². The van der Waals surface area contributed by atoms with Gasteiger partial charge in [0, 0.05) is 68.9 Å². The molecular weight excluding hydrogens is 556 g/mol. The van der Waals surface area contributed by atoms with Crippen molar-refractivity contribution >= 4 is 61.9 Å². The third-order valence-electron chi connectivity index (χ3n) is 5.70. The molecule has 5 aromatic rings. The van der Waals surface area contributed by atoms with Crippen molar-refractivity contribution in [1.82, 2.24) is 9.97 Å². The van der Waals surface area contributed by atoms with Crippen LogP contribution in [0.25, 0.3) is 0 Å². The van der Waals surface area contributed by atoms with Crippen molar-refractivity contribution < 1.29 is 9.59 Å². The number of carbonyl (C=O) groups is 2. The minimum Gasteiger partial charge on any atom is -0.355 e. The van der Waals surface area contributed by atoms with Gasteiger partial charge in [0.15, 0.2) is 0 Å². The summed E-state index contributed by atoms with van der Waals surface area (Å²) in [6.45, 7) is 0. The van der Waals surface area contributed by atoms with E-state index in [1.807, 2.05) is 72.8 Å². The molecule has 192 valence electrons. The highest BCUT2D eigenvalue weighted by Crippen LogP contribution is 2.24. The van der Waals surface area contributed by atoms with Gasteiger partial charge in [0.05, 0.1) is 5.56 Å². The van der Waals surface area contributed by atoms with Crippen molar-refractivity contribution in [3.8, 4) is 0 Å². The van der Waals surface area contributed by atoms with E-state index in [1.54, 1.807) is 43.0 Å². The summed E-state index contributed by atoms with van der Waals surface area (Å²) in [6, 6.07) is 27.1. The average molecular weight is 579 g/mol. The van der Waals surface area contributed by atoms with E-state index in [2.05, 4.69) is 47.2 Å². The van der Waals surface area contributed by atoms with E-state index in [9.17, 15) is 9.59 Å². The minimum absolute atomic E-state index is 0.283. The van der Waals surface area contributed by atoms with Gasteiger partial charge in [-0.2, -0.15) is 0 Å². The average Bonchev–Trinajstić information content (AvgIpc) is 2.96. The molecule has 0 bridgehead atoms. The molecule has 4 N–H and O–H groups in total. The van der Waals surface area contributed by atoms with Crippen LogP contribution in [0.3, 0.4) is 0 Å². The van der Waals surface area contributed by atoms with Crippen molar-refractivity contribution in [2.24, 2.45) is 0 Å². The number of aromatic nitrogens is 2. The number of carbonyl (C=O) groups excluding carboxylic acids is 2. The molecule has 8 nitrogen and oxygen atoms in total. The Morgan fingerprint density at radius 1 is 0.513 bits per heavy atom. The molecule has 39 heavy (non-hydrogen) atoms. The van der Waals surface area contributed by atoms with Crippen LogP contribution < -0.4 is 21.3 Å². The van der Waals surface area contributed by atoms with Gasteiger partial charge in [-0.15, -0.1) is 0 Å². The monoisotopic (exact) mass is 578 g/mol. The normalized spacial score (nSPS) is 10.4. The molecule has 3 aromatic carbocycles. The summed E-state index contributed by atoms with van der Waals surface area (Å²) >= 11 is 3.44. The number of nitrogens with one attached hydrogen (secondary N) is 4. The Balaban J connectivity index is 1.18. The Morgan fingerprint density at radius 2 is 0.923 bits per heavy atom. The SMILES string of the molecule is O=C(Nc1ccc(Nc2ccncc2)cc1)c1ccc(C(=O)Nc2ccc(Nc3ccncc3)cc2)c(Br)c1. The summed E-state index contributed by atoms with van der Waals surface area (Å²) in [7, 11) is 0. The Hall–Kier alpha value is -5.02. The van der Waals surface area contributed by atoms with Gasteiger partial charge >= 0.3 is 0 Å². The van der Waals surface area contributed by atoms with E-state index >= 15 is 0 Å². The molecule has 0 saturated carbocycles. The second kappa shape index (κ2) is 12.0. The summed E-state index contributed by atoms with van der Waals surface area (Å²) in [4.78, 5) is 33.7. The molecule has 2 aromatic heterocycles. The van der Waals surface area contributed by atoms with E-state index in [1.165, 1.54) is 0 Å². The molecule has 2 amide bonds. The maximum atomic E-state index is 12.9. The first-order valence-electron chi connectivity index (χ1n) is 12.0. The Kier molecular flexibility index (Phi) is 7.89. The standard InChI is InChI=1S/C30H23BrN6O2/c31-28-19-20(29(38)36-23-6-2-21(3-7-23)34-25-11-15-32-16-12-25)1-10-27(28)30(39)37-24-8-4-22(5-9-24)35-26-13-17-33-18-14-26/h1-19H,(H,32,34)(H,33,35)(H,36,38)(H,37,39). The molecule has 0 aliphatic heterocycles. The van der Waals surface area contributed by atoms with Crippen molar-refractivity contribution in [2.75, 3.05) is 21.3 Å². The summed E-state index contributed by atoms with van der Waals surface area (Å²) in [5, 5.41) is 12.3. The van der Waals surface area contributed by atoms with Gasteiger partial charge in [-0.05, 0) is 107 Å². The van der Waals surface area contributed by atoms with Crippen LogP contribution in [0.5, 0.6) is 0 Å². The fraction of sp³-hybridized carbons (Fsp3) is 0. The third-order valence-corrected chi connectivity index (χ3v) is 6.36. The van der Waals surface area contributed by atoms with Crippen molar-refractivity contribution in [3.63, 3.8) is 0 Å². The summed E-state index contributed by atoms with van der Waals surface area (Å²) < 4.78 is 0.514. The number of pyridine rings is 2. The second-order valence-electron chi connectivity index (χ2n) is 8.48. The lowest BCUT2D eigenvalue weighted by Crippen LogP contribution is -2.15. The third kappa shape index (κ3) is 6.85. The highest BCUT2D eigenvalue weighted by molar-refractivity contribution is 9.10. The van der Waals surface area contributed by atoms with Crippen molar-refractivity contribution in [1.29, 1.82) is 0 Å². The van der Waals surface area contributed by atoms with Crippen LogP contribution in [0.1, 0.15) is 20.7 Å². The molecule has 0 unspecified atom stereocenters. The number of halogens is 1. The second-order valence-corrected chi connectivity index (χ2v) is 9.33. The Bertz CT molecular complexity index is 1580. The van der Waals surface area contributed by atoms with E-state index in [0.717, 1.165) is 22.7 Å². The van der Waals surface area contributed by atoms with E-state index in [0.29, 0.717) is 27.0 Å². The van der Waals surface area contributed by atoms with E-state index < -0.39 is 0 Å². The smallest absolute Gasteiger partial charge is 0.256 e. The minimum atomic E-state index is -0.291. The highest BCUT2D eigenvalue weighted by atomic mass is 79.9. The molecule has 2 heterocycles. The summed E-state index contributed by atoms with van der Waals surface area (Å²) in [5.41, 5.74) is 5.75. The fourth-order valence-corrected chi connectivity index (χ4v) is 4.28. The Morgan fingerprint density at radius 3 is 1.38 bits per heavy atom. The molecule has 0 aliphatic carbocycles. The van der Waals surface area contributed by atoms with E-state index in [-0.39, 0.29) is 11.8 Å².